The summed E-state index contributed by atoms with van der Waals surface area (Å²) >= 11 is 0. The molecule has 0 aliphatic heterocycles. The number of halogens is 3. The molecule has 1 aromatic carbocycles. The molecule has 0 aliphatic rings. The molecule has 0 fully saturated rings. The molecule has 104 valence electrons. The van der Waals surface area contributed by atoms with Gasteiger partial charge in [-0.3, -0.25) is 4.79 Å². The number of carbonyl (C=O) groups is 2. The summed E-state index contributed by atoms with van der Waals surface area (Å²) in [7, 11) is 0. The molecule has 0 aliphatic carbocycles. The molecule has 0 aromatic heterocycles. The van der Waals surface area contributed by atoms with Crippen molar-refractivity contribution in [2.24, 2.45) is 0 Å². The monoisotopic (exact) mass is 276 g/mol. The number of hydrogen-bond donors (Lipinski definition) is 2. The van der Waals surface area contributed by atoms with Gasteiger partial charge in [-0.25, -0.2) is 18.0 Å². The van der Waals surface area contributed by atoms with E-state index >= 15 is 0 Å². The van der Waals surface area contributed by atoms with Crippen LogP contribution in [0.2, 0.25) is 0 Å². The van der Waals surface area contributed by atoms with Gasteiger partial charge in [-0.05, 0) is 6.92 Å². The SMILES string of the molecule is CCOC(=O)CNC(=O)Nc1cc(F)cc(F)c1F. The fourth-order valence-electron chi connectivity index (χ4n) is 1.18. The van der Waals surface area contributed by atoms with Crippen molar-refractivity contribution in [1.29, 1.82) is 0 Å². The van der Waals surface area contributed by atoms with Gasteiger partial charge in [-0.15, -0.1) is 0 Å². The molecule has 19 heavy (non-hydrogen) atoms. The van der Waals surface area contributed by atoms with Crippen molar-refractivity contribution < 1.29 is 27.5 Å². The van der Waals surface area contributed by atoms with Crippen molar-refractivity contribution in [3.63, 3.8) is 0 Å². The predicted molar refractivity (Wildman–Crippen MR) is 60.0 cm³/mol. The van der Waals surface area contributed by atoms with Crippen LogP contribution in [0, 0.1) is 17.5 Å². The maximum absolute atomic E-state index is 13.2. The number of ether oxygens (including phenoxy) is 1. The molecule has 0 radical (unpaired) electrons. The van der Waals surface area contributed by atoms with E-state index in [0.29, 0.717) is 12.1 Å². The highest BCUT2D eigenvalue weighted by Crippen LogP contribution is 2.18. The van der Waals surface area contributed by atoms with Gasteiger partial charge >= 0.3 is 12.0 Å². The van der Waals surface area contributed by atoms with E-state index in [1.54, 1.807) is 6.92 Å². The van der Waals surface area contributed by atoms with E-state index < -0.39 is 41.7 Å². The number of nitrogens with one attached hydrogen (secondary N) is 2. The van der Waals surface area contributed by atoms with Crippen LogP contribution in [0.4, 0.5) is 23.7 Å². The van der Waals surface area contributed by atoms with Crippen LogP contribution >= 0.6 is 0 Å². The molecule has 0 bridgehead atoms. The molecule has 2 N–H and O–H groups in total. The summed E-state index contributed by atoms with van der Waals surface area (Å²) in [6.07, 6.45) is 0. The smallest absolute Gasteiger partial charge is 0.325 e. The Morgan fingerprint density at radius 3 is 2.58 bits per heavy atom. The van der Waals surface area contributed by atoms with Crippen molar-refractivity contribution >= 4 is 17.7 Å². The fraction of sp³-hybridized carbons (Fsp3) is 0.273. The maximum atomic E-state index is 13.2. The van der Waals surface area contributed by atoms with E-state index in [2.05, 4.69) is 4.74 Å². The Balaban J connectivity index is 2.60. The topological polar surface area (TPSA) is 67.4 Å². The number of benzene rings is 1. The largest absolute Gasteiger partial charge is 0.465 e. The van der Waals surface area contributed by atoms with Gasteiger partial charge in [-0.1, -0.05) is 0 Å². The summed E-state index contributed by atoms with van der Waals surface area (Å²) < 4.78 is 43.4. The lowest BCUT2D eigenvalue weighted by Crippen LogP contribution is -2.34. The second kappa shape index (κ2) is 6.62. The predicted octanol–water partition coefficient (Wildman–Crippen LogP) is 1.79. The Kier molecular flexibility index (Phi) is 5.16. The summed E-state index contributed by atoms with van der Waals surface area (Å²) in [5.41, 5.74) is -0.668. The van der Waals surface area contributed by atoms with Crippen LogP contribution in [0.25, 0.3) is 0 Å². The highest BCUT2D eigenvalue weighted by molar-refractivity contribution is 5.91. The van der Waals surface area contributed by atoms with E-state index in [1.165, 1.54) is 0 Å². The first kappa shape index (κ1) is 14.8. The van der Waals surface area contributed by atoms with E-state index in [9.17, 15) is 22.8 Å². The van der Waals surface area contributed by atoms with Gasteiger partial charge in [0.25, 0.3) is 0 Å². The zero-order valence-electron chi connectivity index (χ0n) is 9.93. The molecule has 0 saturated carbocycles. The summed E-state index contributed by atoms with van der Waals surface area (Å²) in [5.74, 6) is -4.56. The molecule has 2 amide bonds. The molecule has 5 nitrogen and oxygen atoms in total. The van der Waals surface area contributed by atoms with Gasteiger partial charge in [0.2, 0.25) is 0 Å². The number of rotatable bonds is 4. The standard InChI is InChI=1S/C11H11F3N2O3/c1-2-19-9(17)5-15-11(18)16-8-4-6(12)3-7(13)10(8)14/h3-4H,2,5H2,1H3,(H2,15,16,18). The van der Waals surface area contributed by atoms with Crippen LogP contribution in [0.3, 0.4) is 0 Å². The van der Waals surface area contributed by atoms with Gasteiger partial charge in [0.1, 0.15) is 12.4 Å². The summed E-state index contributed by atoms with van der Waals surface area (Å²) in [6, 6.07) is -0.0312. The van der Waals surface area contributed by atoms with Crippen LogP contribution in [0.5, 0.6) is 0 Å². The molecule has 0 atom stereocenters. The number of esters is 1. The highest BCUT2D eigenvalue weighted by Gasteiger charge is 2.14. The minimum Gasteiger partial charge on any atom is -0.465 e. The number of amides is 2. The van der Waals surface area contributed by atoms with Crippen molar-refractivity contribution in [2.75, 3.05) is 18.5 Å². The summed E-state index contributed by atoms with van der Waals surface area (Å²) in [6.45, 7) is 1.29. The highest BCUT2D eigenvalue weighted by atomic mass is 19.2. The maximum Gasteiger partial charge on any atom is 0.325 e. The average molecular weight is 276 g/mol. The van der Waals surface area contributed by atoms with Crippen LogP contribution < -0.4 is 10.6 Å². The molecule has 0 saturated heterocycles. The lowest BCUT2D eigenvalue weighted by molar-refractivity contribution is -0.141. The van der Waals surface area contributed by atoms with Crippen molar-refractivity contribution in [1.82, 2.24) is 5.32 Å². The van der Waals surface area contributed by atoms with Crippen LogP contribution in [0.1, 0.15) is 6.92 Å². The van der Waals surface area contributed by atoms with Crippen molar-refractivity contribution in [2.45, 2.75) is 6.92 Å². The number of anilines is 1. The van der Waals surface area contributed by atoms with Crippen LogP contribution in [-0.2, 0) is 9.53 Å². The van der Waals surface area contributed by atoms with E-state index in [1.807, 2.05) is 10.6 Å². The third-order valence-corrected chi connectivity index (χ3v) is 1.94. The molecule has 0 spiro atoms. The van der Waals surface area contributed by atoms with Gasteiger partial charge in [-0.2, -0.15) is 0 Å². The van der Waals surface area contributed by atoms with Crippen molar-refractivity contribution in [3.8, 4) is 0 Å². The fourth-order valence-corrected chi connectivity index (χ4v) is 1.18. The van der Waals surface area contributed by atoms with Crippen LogP contribution in [0.15, 0.2) is 12.1 Å². The Hall–Kier alpha value is -2.25. The lowest BCUT2D eigenvalue weighted by atomic mass is 10.3. The average Bonchev–Trinajstić information content (AvgIpc) is 2.33. The third kappa shape index (κ3) is 4.49. The molecule has 0 heterocycles. The zero-order valence-corrected chi connectivity index (χ0v) is 9.93. The molecule has 8 heteroatoms. The molecule has 0 unspecified atom stereocenters. The number of carbonyl (C=O) groups excluding carboxylic acids is 2. The van der Waals surface area contributed by atoms with E-state index in [-0.39, 0.29) is 6.61 Å². The first-order chi connectivity index (χ1) is 8.93. The molecule has 1 aromatic rings. The molecular weight excluding hydrogens is 265 g/mol. The number of urea groups is 1. The third-order valence-electron chi connectivity index (χ3n) is 1.94. The summed E-state index contributed by atoms with van der Waals surface area (Å²) in [4.78, 5) is 22.2. The zero-order chi connectivity index (χ0) is 14.4. The van der Waals surface area contributed by atoms with E-state index in [4.69, 9.17) is 0 Å². The Bertz CT molecular complexity index is 494. The Morgan fingerprint density at radius 1 is 1.26 bits per heavy atom. The van der Waals surface area contributed by atoms with Crippen LogP contribution in [-0.4, -0.2) is 25.2 Å². The van der Waals surface area contributed by atoms with Gasteiger partial charge in [0, 0.05) is 12.1 Å². The van der Waals surface area contributed by atoms with Crippen molar-refractivity contribution in [3.05, 3.63) is 29.6 Å². The minimum absolute atomic E-state index is 0.145. The lowest BCUT2D eigenvalue weighted by Gasteiger charge is -2.08. The van der Waals surface area contributed by atoms with Gasteiger partial charge < -0.3 is 15.4 Å². The second-order valence-corrected chi connectivity index (χ2v) is 3.36. The van der Waals surface area contributed by atoms with Gasteiger partial charge in [0.05, 0.1) is 12.3 Å². The Labute approximate surface area is 106 Å². The quantitative estimate of drug-likeness (QED) is 0.650. The second-order valence-electron chi connectivity index (χ2n) is 3.36. The molecular formula is C11H11F3N2O3. The first-order valence-corrected chi connectivity index (χ1v) is 5.29. The van der Waals surface area contributed by atoms with E-state index in [0.717, 1.165) is 0 Å². The Morgan fingerprint density at radius 2 is 1.95 bits per heavy atom. The number of hydrogen-bond acceptors (Lipinski definition) is 3. The minimum atomic E-state index is -1.43. The normalized spacial score (nSPS) is 9.89. The van der Waals surface area contributed by atoms with Gasteiger partial charge in [0.15, 0.2) is 11.6 Å². The first-order valence-electron chi connectivity index (χ1n) is 5.29. The molecule has 1 rings (SSSR count). The summed E-state index contributed by atoms with van der Waals surface area (Å²) in [5, 5.41) is 3.92.